The number of benzene rings is 2. The minimum atomic E-state index is -0.932. The van der Waals surface area contributed by atoms with Gasteiger partial charge in [0, 0.05) is 0 Å². The van der Waals surface area contributed by atoms with Gasteiger partial charge in [-0.15, -0.1) is 5.10 Å². The Labute approximate surface area is 156 Å². The second-order valence-corrected chi connectivity index (χ2v) is 5.97. The van der Waals surface area contributed by atoms with Crippen LogP contribution in [0.15, 0.2) is 53.3 Å². The highest BCUT2D eigenvalue weighted by Crippen LogP contribution is 2.28. The molecule has 0 aliphatic heterocycles. The summed E-state index contributed by atoms with van der Waals surface area (Å²) in [5, 5.41) is 18.6. The highest BCUT2D eigenvalue weighted by atomic mass is 16.5. The minimum absolute atomic E-state index is 0.0136. The Morgan fingerprint density at radius 2 is 2.04 bits per heavy atom. The molecule has 7 nitrogen and oxygen atoms in total. The van der Waals surface area contributed by atoms with Crippen molar-refractivity contribution in [2.45, 2.75) is 19.6 Å². The fraction of sp³-hybridized carbons (Fsp3) is 0.250. The van der Waals surface area contributed by atoms with E-state index in [0.29, 0.717) is 22.4 Å². The Bertz CT molecular complexity index is 1010. The molecule has 0 aliphatic carbocycles. The first kappa shape index (κ1) is 18.6. The number of nitrogens with zero attached hydrogens (tertiary/aromatic N) is 3. The van der Waals surface area contributed by atoms with Gasteiger partial charge in [-0.1, -0.05) is 35.6 Å². The zero-order chi connectivity index (χ0) is 19.2. The van der Waals surface area contributed by atoms with E-state index in [2.05, 4.69) is 10.3 Å². The highest BCUT2D eigenvalue weighted by Gasteiger charge is 2.13. The summed E-state index contributed by atoms with van der Waals surface area (Å²) in [6.45, 7) is 1.90. The van der Waals surface area contributed by atoms with Crippen molar-refractivity contribution in [3.05, 3.63) is 64.5 Å². The van der Waals surface area contributed by atoms with E-state index < -0.39 is 6.10 Å². The van der Waals surface area contributed by atoms with Gasteiger partial charge in [0.25, 0.3) is 5.56 Å². The molecule has 1 N–H and O–H groups in total. The number of hydrogen-bond donors (Lipinski definition) is 1. The number of hydrogen-bond acceptors (Lipinski definition) is 6. The third-order valence-corrected chi connectivity index (χ3v) is 3.99. The molecular formula is C20H21N3O4. The largest absolute Gasteiger partial charge is 0.493 e. The van der Waals surface area contributed by atoms with Crippen LogP contribution in [-0.2, 0) is 6.54 Å². The summed E-state index contributed by atoms with van der Waals surface area (Å²) >= 11 is 0. The summed E-state index contributed by atoms with van der Waals surface area (Å²) in [6, 6.07) is 12.5. The Morgan fingerprint density at radius 1 is 1.22 bits per heavy atom. The smallest absolute Gasteiger partial charge is 0.277 e. The zero-order valence-electron chi connectivity index (χ0n) is 15.2. The summed E-state index contributed by atoms with van der Waals surface area (Å²) in [5.41, 5.74) is 1.21. The molecule has 0 saturated heterocycles. The van der Waals surface area contributed by atoms with Crippen molar-refractivity contribution in [1.29, 1.82) is 0 Å². The summed E-state index contributed by atoms with van der Waals surface area (Å²) < 4.78 is 12.1. The lowest BCUT2D eigenvalue weighted by atomic mass is 10.2. The molecule has 3 rings (SSSR count). The first-order valence-corrected chi connectivity index (χ1v) is 8.56. The molecule has 3 aromatic rings. The lowest BCUT2D eigenvalue weighted by molar-refractivity contribution is 0.0859. The van der Waals surface area contributed by atoms with E-state index in [1.165, 1.54) is 0 Å². The third kappa shape index (κ3) is 4.32. The summed E-state index contributed by atoms with van der Waals surface area (Å²) in [4.78, 5) is 12.4. The Balaban J connectivity index is 1.69. The van der Waals surface area contributed by atoms with Crippen LogP contribution in [0.5, 0.6) is 11.5 Å². The summed E-state index contributed by atoms with van der Waals surface area (Å²) in [6.07, 6.45) is 2.95. The maximum atomic E-state index is 12.4. The van der Waals surface area contributed by atoms with E-state index in [1.807, 2.05) is 31.2 Å². The van der Waals surface area contributed by atoms with Crippen LogP contribution in [0.4, 0.5) is 0 Å². The van der Waals surface area contributed by atoms with Gasteiger partial charge in [0.1, 0.15) is 18.2 Å². The number of ether oxygens (including phenoxy) is 2. The van der Waals surface area contributed by atoms with E-state index in [9.17, 15) is 9.90 Å². The van der Waals surface area contributed by atoms with Gasteiger partial charge in [0.2, 0.25) is 0 Å². The van der Waals surface area contributed by atoms with Gasteiger partial charge >= 0.3 is 0 Å². The standard InChI is InChI=1S/C20H21N3O4/c1-3-6-14-9-10-18(19(11-14)26-2)27-13-15(24)12-23-20(25)16-7-4-5-8-17(16)21-22-23/h3-11,15,24H,12-13H2,1-2H3/b6-3+. The van der Waals surface area contributed by atoms with E-state index in [4.69, 9.17) is 9.47 Å². The quantitative estimate of drug-likeness (QED) is 0.689. The lowest BCUT2D eigenvalue weighted by Gasteiger charge is -2.15. The van der Waals surface area contributed by atoms with Gasteiger partial charge in [-0.05, 0) is 36.8 Å². The van der Waals surface area contributed by atoms with Crippen molar-refractivity contribution >= 4 is 17.0 Å². The molecule has 0 saturated carbocycles. The van der Waals surface area contributed by atoms with Gasteiger partial charge in [0.15, 0.2) is 11.5 Å². The zero-order valence-corrected chi connectivity index (χ0v) is 15.2. The summed E-state index contributed by atoms with van der Waals surface area (Å²) in [7, 11) is 1.56. The first-order valence-electron chi connectivity index (χ1n) is 8.56. The monoisotopic (exact) mass is 367 g/mol. The molecule has 0 bridgehead atoms. The average molecular weight is 367 g/mol. The first-order chi connectivity index (χ1) is 13.1. The molecule has 1 atom stereocenters. The Morgan fingerprint density at radius 3 is 2.81 bits per heavy atom. The van der Waals surface area contributed by atoms with Gasteiger partial charge < -0.3 is 14.6 Å². The second kappa shape index (κ2) is 8.46. The molecule has 0 spiro atoms. The van der Waals surface area contributed by atoms with Crippen LogP contribution in [0.25, 0.3) is 17.0 Å². The maximum Gasteiger partial charge on any atom is 0.277 e. The highest BCUT2D eigenvalue weighted by molar-refractivity contribution is 5.76. The molecule has 0 amide bonds. The molecule has 0 fully saturated rings. The molecule has 140 valence electrons. The fourth-order valence-electron chi connectivity index (χ4n) is 2.68. The molecule has 1 aromatic heterocycles. The second-order valence-electron chi connectivity index (χ2n) is 5.97. The van der Waals surface area contributed by atoms with Crippen molar-refractivity contribution in [2.24, 2.45) is 0 Å². The number of allylic oxidation sites excluding steroid dienone is 1. The van der Waals surface area contributed by atoms with Gasteiger partial charge in [-0.3, -0.25) is 4.79 Å². The molecule has 0 aliphatic rings. The molecule has 0 radical (unpaired) electrons. The van der Waals surface area contributed by atoms with Crippen LogP contribution in [0, 0.1) is 0 Å². The number of aromatic nitrogens is 3. The normalized spacial score (nSPS) is 12.4. The number of aliphatic hydroxyl groups excluding tert-OH is 1. The number of rotatable bonds is 7. The molecule has 1 unspecified atom stereocenters. The van der Waals surface area contributed by atoms with Gasteiger partial charge in [-0.2, -0.15) is 0 Å². The molecule has 27 heavy (non-hydrogen) atoms. The Hall–Kier alpha value is -3.19. The topological polar surface area (TPSA) is 86.5 Å². The SMILES string of the molecule is C/C=C/c1ccc(OCC(O)Cn2nnc3ccccc3c2=O)c(OC)c1. The van der Waals surface area contributed by atoms with Crippen molar-refractivity contribution < 1.29 is 14.6 Å². The van der Waals surface area contributed by atoms with Crippen molar-refractivity contribution in [2.75, 3.05) is 13.7 Å². The predicted octanol–water partition coefficient (Wildman–Crippen LogP) is 2.27. The molecule has 7 heteroatoms. The van der Waals surface area contributed by atoms with E-state index >= 15 is 0 Å². The van der Waals surface area contributed by atoms with Gasteiger partial charge in [-0.25, -0.2) is 4.68 Å². The van der Waals surface area contributed by atoms with E-state index in [1.54, 1.807) is 37.4 Å². The van der Waals surface area contributed by atoms with Crippen molar-refractivity contribution in [3.8, 4) is 11.5 Å². The summed E-state index contributed by atoms with van der Waals surface area (Å²) in [5.74, 6) is 1.09. The predicted molar refractivity (Wildman–Crippen MR) is 103 cm³/mol. The molecule has 2 aromatic carbocycles. The lowest BCUT2D eigenvalue weighted by Crippen LogP contribution is -2.32. The average Bonchev–Trinajstić information content (AvgIpc) is 2.69. The van der Waals surface area contributed by atoms with Crippen molar-refractivity contribution in [1.82, 2.24) is 15.0 Å². The molecule has 1 heterocycles. The number of methoxy groups -OCH3 is 1. The number of aliphatic hydroxyl groups is 1. The van der Waals surface area contributed by atoms with E-state index in [0.717, 1.165) is 10.2 Å². The minimum Gasteiger partial charge on any atom is -0.493 e. The van der Waals surface area contributed by atoms with Crippen LogP contribution < -0.4 is 15.0 Å². The van der Waals surface area contributed by atoms with Gasteiger partial charge in [0.05, 0.1) is 19.0 Å². The third-order valence-electron chi connectivity index (χ3n) is 3.99. The van der Waals surface area contributed by atoms with Crippen LogP contribution in [0.3, 0.4) is 0 Å². The van der Waals surface area contributed by atoms with E-state index in [-0.39, 0.29) is 18.7 Å². The number of fused-ring (bicyclic) bond motifs is 1. The van der Waals surface area contributed by atoms with Crippen LogP contribution in [0.1, 0.15) is 12.5 Å². The molecular weight excluding hydrogens is 346 g/mol. The van der Waals surface area contributed by atoms with Crippen LogP contribution >= 0.6 is 0 Å². The van der Waals surface area contributed by atoms with Crippen LogP contribution in [0.2, 0.25) is 0 Å². The van der Waals surface area contributed by atoms with Crippen molar-refractivity contribution in [3.63, 3.8) is 0 Å². The fourth-order valence-corrected chi connectivity index (χ4v) is 2.68. The maximum absolute atomic E-state index is 12.4. The Kier molecular flexibility index (Phi) is 5.83. The van der Waals surface area contributed by atoms with Crippen LogP contribution in [-0.4, -0.2) is 39.9 Å².